The fourth-order valence-electron chi connectivity index (χ4n) is 2.88. The number of hydrogen-bond acceptors (Lipinski definition) is 3. The van der Waals surface area contributed by atoms with Crippen LogP contribution in [0.4, 0.5) is 5.69 Å². The van der Waals surface area contributed by atoms with Crippen molar-refractivity contribution < 1.29 is 4.74 Å². The highest BCUT2D eigenvalue weighted by Gasteiger charge is 2.49. The highest BCUT2D eigenvalue weighted by atomic mass is 16.5. The average Bonchev–Trinajstić information content (AvgIpc) is 3.10. The van der Waals surface area contributed by atoms with Crippen molar-refractivity contribution in [2.45, 2.75) is 31.2 Å². The van der Waals surface area contributed by atoms with Gasteiger partial charge in [-0.25, -0.2) is 0 Å². The summed E-state index contributed by atoms with van der Waals surface area (Å²) in [4.78, 5) is 2.26. The van der Waals surface area contributed by atoms with Crippen LogP contribution in [0.2, 0.25) is 0 Å². The Morgan fingerprint density at radius 2 is 2.18 bits per heavy atom. The highest BCUT2D eigenvalue weighted by Crippen LogP contribution is 2.55. The van der Waals surface area contributed by atoms with Crippen LogP contribution in [0.1, 0.15) is 25.3 Å². The molecule has 1 aliphatic heterocycles. The van der Waals surface area contributed by atoms with Crippen molar-refractivity contribution in [3.63, 3.8) is 0 Å². The maximum atomic E-state index is 6.16. The third-order valence-electron chi connectivity index (χ3n) is 4.28. The summed E-state index contributed by atoms with van der Waals surface area (Å²) >= 11 is 0. The first-order valence-corrected chi connectivity index (χ1v) is 6.38. The van der Waals surface area contributed by atoms with E-state index in [1.54, 1.807) is 0 Å². The Labute approximate surface area is 103 Å². The zero-order valence-corrected chi connectivity index (χ0v) is 10.6. The lowest BCUT2D eigenvalue weighted by atomic mass is 9.88. The Hall–Kier alpha value is -1.22. The first-order valence-electron chi connectivity index (χ1n) is 6.38. The van der Waals surface area contributed by atoms with E-state index < -0.39 is 0 Å². The van der Waals surface area contributed by atoms with E-state index in [1.165, 1.54) is 24.1 Å². The fourth-order valence-corrected chi connectivity index (χ4v) is 2.88. The molecule has 0 aromatic heterocycles. The Bertz CT molecular complexity index is 438. The first-order chi connectivity index (χ1) is 8.15. The fraction of sp³-hybridized carbons (Fsp3) is 0.571. The number of anilines is 1. The molecule has 1 aromatic carbocycles. The molecule has 2 N–H and O–H groups in total. The second kappa shape index (κ2) is 3.64. The van der Waals surface area contributed by atoms with Gasteiger partial charge in [0.15, 0.2) is 0 Å². The number of likely N-dealkylation sites (N-methyl/N-ethyl adjacent to an activating group) is 1. The van der Waals surface area contributed by atoms with E-state index in [9.17, 15) is 0 Å². The Morgan fingerprint density at radius 3 is 2.82 bits per heavy atom. The van der Waals surface area contributed by atoms with E-state index in [-0.39, 0.29) is 11.5 Å². The summed E-state index contributed by atoms with van der Waals surface area (Å²) in [6, 6.07) is 6.65. The van der Waals surface area contributed by atoms with Crippen LogP contribution in [0.5, 0.6) is 5.75 Å². The van der Waals surface area contributed by atoms with Gasteiger partial charge >= 0.3 is 0 Å². The van der Waals surface area contributed by atoms with Crippen molar-refractivity contribution in [2.24, 2.45) is 5.73 Å². The van der Waals surface area contributed by atoms with E-state index in [0.29, 0.717) is 0 Å². The van der Waals surface area contributed by atoms with Gasteiger partial charge in [-0.15, -0.1) is 0 Å². The van der Waals surface area contributed by atoms with Gasteiger partial charge in [0.05, 0.1) is 12.2 Å². The van der Waals surface area contributed by atoms with Gasteiger partial charge in [0, 0.05) is 24.1 Å². The van der Waals surface area contributed by atoms with Gasteiger partial charge in [-0.3, -0.25) is 0 Å². The maximum absolute atomic E-state index is 6.16. The van der Waals surface area contributed by atoms with Gasteiger partial charge in [0.25, 0.3) is 0 Å². The molecule has 0 saturated heterocycles. The van der Waals surface area contributed by atoms with Crippen LogP contribution < -0.4 is 15.4 Å². The van der Waals surface area contributed by atoms with Crippen LogP contribution in [-0.4, -0.2) is 26.2 Å². The second-order valence-electron chi connectivity index (χ2n) is 5.37. The summed E-state index contributed by atoms with van der Waals surface area (Å²) in [5.41, 5.74) is 8.86. The zero-order chi connectivity index (χ0) is 12.0. The molecule has 1 aromatic rings. The maximum Gasteiger partial charge on any atom is 0.146 e. The summed E-state index contributed by atoms with van der Waals surface area (Å²) in [6.07, 6.45) is 2.38. The third kappa shape index (κ3) is 1.53. The number of nitrogens with zero attached hydrogens (tertiary/aromatic N) is 1. The second-order valence-corrected chi connectivity index (χ2v) is 5.37. The molecule has 0 spiro atoms. The van der Waals surface area contributed by atoms with E-state index in [0.717, 1.165) is 18.9 Å². The summed E-state index contributed by atoms with van der Waals surface area (Å²) in [7, 11) is 2.12. The van der Waals surface area contributed by atoms with Crippen molar-refractivity contribution in [2.75, 3.05) is 25.1 Å². The molecule has 1 aliphatic carbocycles. The van der Waals surface area contributed by atoms with E-state index >= 15 is 0 Å². The van der Waals surface area contributed by atoms with Gasteiger partial charge < -0.3 is 15.4 Å². The molecule has 3 rings (SSSR count). The van der Waals surface area contributed by atoms with E-state index in [2.05, 4.69) is 37.1 Å². The number of fused-ring (bicyclic) bond motifs is 1. The van der Waals surface area contributed by atoms with Crippen molar-refractivity contribution in [3.8, 4) is 5.75 Å². The lowest BCUT2D eigenvalue weighted by Gasteiger charge is -2.32. The van der Waals surface area contributed by atoms with Crippen molar-refractivity contribution >= 4 is 5.69 Å². The predicted molar refractivity (Wildman–Crippen MR) is 69.8 cm³/mol. The summed E-state index contributed by atoms with van der Waals surface area (Å²) in [5.74, 6) is 1.07. The van der Waals surface area contributed by atoms with Gasteiger partial charge in [-0.05, 0) is 25.8 Å². The van der Waals surface area contributed by atoms with Crippen LogP contribution in [0.15, 0.2) is 18.2 Å². The van der Waals surface area contributed by atoms with Gasteiger partial charge in [-0.2, -0.15) is 0 Å². The Balaban J connectivity index is 2.10. The standard InChI is InChI=1S/C14H20N2O/c1-10(15)14(6-7-14)11-4-3-5-12-13(11)17-9-8-16(12)2/h3-5,10H,6-9,15H2,1-2H3. The summed E-state index contributed by atoms with van der Waals surface area (Å²) < 4.78 is 5.90. The molecule has 0 amide bonds. The molecule has 1 unspecified atom stereocenters. The van der Waals surface area contributed by atoms with Crippen molar-refractivity contribution in [1.29, 1.82) is 0 Å². The normalized spacial score (nSPS) is 22.6. The van der Waals surface area contributed by atoms with Gasteiger partial charge in [0.2, 0.25) is 0 Å². The quantitative estimate of drug-likeness (QED) is 0.846. The van der Waals surface area contributed by atoms with Crippen molar-refractivity contribution in [1.82, 2.24) is 0 Å². The Morgan fingerprint density at radius 1 is 1.41 bits per heavy atom. The smallest absolute Gasteiger partial charge is 0.146 e. The van der Waals surface area contributed by atoms with Crippen LogP contribution in [0.3, 0.4) is 0 Å². The van der Waals surface area contributed by atoms with Gasteiger partial charge in [-0.1, -0.05) is 12.1 Å². The van der Waals surface area contributed by atoms with E-state index in [4.69, 9.17) is 10.5 Å². The zero-order valence-electron chi connectivity index (χ0n) is 10.6. The van der Waals surface area contributed by atoms with Crippen molar-refractivity contribution in [3.05, 3.63) is 23.8 Å². The average molecular weight is 232 g/mol. The van der Waals surface area contributed by atoms with Gasteiger partial charge in [0.1, 0.15) is 12.4 Å². The van der Waals surface area contributed by atoms with Crippen LogP contribution >= 0.6 is 0 Å². The topological polar surface area (TPSA) is 38.5 Å². The summed E-state index contributed by atoms with van der Waals surface area (Å²) in [5, 5.41) is 0. The molecule has 0 bridgehead atoms. The summed E-state index contributed by atoms with van der Waals surface area (Å²) in [6.45, 7) is 3.84. The molecule has 0 radical (unpaired) electrons. The number of ether oxygens (including phenoxy) is 1. The van der Waals surface area contributed by atoms with Crippen LogP contribution in [0, 0.1) is 0 Å². The molecule has 2 aliphatic rings. The lowest BCUT2D eigenvalue weighted by molar-refractivity contribution is 0.303. The minimum Gasteiger partial charge on any atom is -0.489 e. The Kier molecular flexibility index (Phi) is 2.33. The molecule has 3 heteroatoms. The molecular weight excluding hydrogens is 212 g/mol. The monoisotopic (exact) mass is 232 g/mol. The SMILES string of the molecule is CC(N)C1(c2cccc3c2OCCN3C)CC1. The van der Waals surface area contributed by atoms with Crippen LogP contribution in [0.25, 0.3) is 0 Å². The minimum absolute atomic E-state index is 0.170. The molecular formula is C14H20N2O. The van der Waals surface area contributed by atoms with E-state index in [1.807, 2.05) is 0 Å². The minimum atomic E-state index is 0.170. The predicted octanol–water partition coefficient (Wildman–Crippen LogP) is 1.89. The molecule has 1 saturated carbocycles. The number of hydrogen-bond donors (Lipinski definition) is 1. The lowest BCUT2D eigenvalue weighted by Crippen LogP contribution is -2.34. The number of nitrogens with two attached hydrogens (primary N) is 1. The number of benzene rings is 1. The molecule has 17 heavy (non-hydrogen) atoms. The molecule has 1 fully saturated rings. The molecule has 92 valence electrons. The third-order valence-corrected chi connectivity index (χ3v) is 4.28. The molecule has 3 nitrogen and oxygen atoms in total. The highest BCUT2D eigenvalue weighted by molar-refractivity contribution is 5.65. The first kappa shape index (κ1) is 10.9. The largest absolute Gasteiger partial charge is 0.489 e. The van der Waals surface area contributed by atoms with Crippen LogP contribution in [-0.2, 0) is 5.41 Å². The number of rotatable bonds is 2. The molecule has 1 heterocycles. The number of para-hydroxylation sites is 1. The molecule has 1 atom stereocenters.